The molecule has 1 fully saturated rings. The fourth-order valence-electron chi connectivity index (χ4n) is 2.24. The summed E-state index contributed by atoms with van der Waals surface area (Å²) in [6.45, 7) is 3.43. The van der Waals surface area contributed by atoms with Crippen molar-refractivity contribution in [2.75, 3.05) is 18.5 Å². The molecule has 0 unspecified atom stereocenters. The van der Waals surface area contributed by atoms with Gasteiger partial charge in [-0.05, 0) is 55.9 Å². The monoisotopic (exact) mass is 362 g/mol. The molecule has 0 amide bonds. The molecule has 0 bridgehead atoms. The van der Waals surface area contributed by atoms with E-state index in [9.17, 15) is 0 Å². The summed E-state index contributed by atoms with van der Waals surface area (Å²) in [5.41, 5.74) is 0.841. The van der Waals surface area contributed by atoms with Gasteiger partial charge in [0.15, 0.2) is 10.3 Å². The predicted octanol–water partition coefficient (Wildman–Crippen LogP) is 2.19. The second-order valence-electron chi connectivity index (χ2n) is 5.27. The summed E-state index contributed by atoms with van der Waals surface area (Å²) in [5, 5.41) is 8.06. The predicted molar refractivity (Wildman–Crippen MR) is 96.1 cm³/mol. The Hall–Kier alpha value is -1.84. The number of nitrogens with zero attached hydrogens (tertiary/aromatic N) is 4. The first-order valence-electron chi connectivity index (χ1n) is 7.66. The Labute approximate surface area is 150 Å². The first kappa shape index (κ1) is 17.0. The van der Waals surface area contributed by atoms with Crippen LogP contribution in [0, 0.1) is 6.92 Å². The molecule has 0 aliphatic carbocycles. The Morgan fingerprint density at radius 3 is 2.96 bits per heavy atom. The number of thiocarbonyl (C=S) groups is 1. The van der Waals surface area contributed by atoms with E-state index in [-0.39, 0.29) is 6.10 Å². The first-order valence-corrected chi connectivity index (χ1v) is 8.88. The Kier molecular flexibility index (Phi) is 5.89. The van der Waals surface area contributed by atoms with Gasteiger partial charge in [0.2, 0.25) is 5.95 Å². The molecule has 1 aliphatic rings. The summed E-state index contributed by atoms with van der Waals surface area (Å²) in [6.07, 6.45) is 5.80. The van der Waals surface area contributed by atoms with Gasteiger partial charge in [0.05, 0.1) is 6.10 Å². The maximum atomic E-state index is 5.56. The molecule has 0 radical (unpaired) electrons. The number of rotatable bonds is 5. The van der Waals surface area contributed by atoms with Crippen LogP contribution in [0.3, 0.4) is 0 Å². The smallest absolute Gasteiger partial charge is 0.230 e. The molecule has 3 heterocycles. The summed E-state index contributed by atoms with van der Waals surface area (Å²) in [5.74, 6) is 0.457. The second-order valence-corrected chi connectivity index (χ2v) is 6.67. The highest BCUT2D eigenvalue weighted by atomic mass is 32.2. The van der Waals surface area contributed by atoms with Crippen LogP contribution in [0.2, 0.25) is 0 Å². The number of hydrogen-bond donors (Lipinski definition) is 2. The van der Waals surface area contributed by atoms with Crippen LogP contribution in [0.25, 0.3) is 0 Å². The molecule has 2 N–H and O–H groups in total. The third-order valence-electron chi connectivity index (χ3n) is 3.31. The van der Waals surface area contributed by atoms with Crippen molar-refractivity contribution < 1.29 is 4.74 Å². The summed E-state index contributed by atoms with van der Waals surface area (Å²) in [7, 11) is 0. The zero-order chi connectivity index (χ0) is 16.8. The van der Waals surface area contributed by atoms with Crippen molar-refractivity contribution in [1.82, 2.24) is 25.3 Å². The summed E-state index contributed by atoms with van der Waals surface area (Å²) in [4.78, 5) is 17.2. The highest BCUT2D eigenvalue weighted by molar-refractivity contribution is 7.99. The van der Waals surface area contributed by atoms with E-state index < -0.39 is 0 Å². The van der Waals surface area contributed by atoms with Crippen molar-refractivity contribution in [2.45, 2.75) is 36.1 Å². The Balaban J connectivity index is 1.59. The molecule has 2 aromatic heterocycles. The molecule has 3 rings (SSSR count). The van der Waals surface area contributed by atoms with Crippen LogP contribution >= 0.6 is 24.0 Å². The fraction of sp³-hybridized carbons (Fsp3) is 0.400. The minimum Gasteiger partial charge on any atom is -0.376 e. The highest BCUT2D eigenvalue weighted by Crippen LogP contribution is 2.23. The SMILES string of the molecule is Cc1cc(Sc2ncccn2)nc(NC(=S)NC[C@@H]2CCCO2)n1. The molecule has 7 nitrogen and oxygen atoms in total. The number of anilines is 1. The van der Waals surface area contributed by atoms with Crippen LogP contribution in [0.4, 0.5) is 5.95 Å². The van der Waals surface area contributed by atoms with E-state index in [0.717, 1.165) is 30.2 Å². The first-order chi connectivity index (χ1) is 11.7. The zero-order valence-corrected chi connectivity index (χ0v) is 14.9. The molecule has 1 saturated heterocycles. The third-order valence-corrected chi connectivity index (χ3v) is 4.37. The average molecular weight is 362 g/mol. The molecule has 0 spiro atoms. The Morgan fingerprint density at radius 1 is 1.38 bits per heavy atom. The van der Waals surface area contributed by atoms with Gasteiger partial charge in [-0.3, -0.25) is 0 Å². The zero-order valence-electron chi connectivity index (χ0n) is 13.2. The second kappa shape index (κ2) is 8.32. The van der Waals surface area contributed by atoms with Crippen molar-refractivity contribution in [2.24, 2.45) is 0 Å². The molecule has 126 valence electrons. The van der Waals surface area contributed by atoms with Gasteiger partial charge in [0, 0.05) is 31.2 Å². The summed E-state index contributed by atoms with van der Waals surface area (Å²) < 4.78 is 5.56. The normalized spacial score (nSPS) is 16.8. The van der Waals surface area contributed by atoms with E-state index >= 15 is 0 Å². The molecule has 0 saturated carbocycles. The molecule has 9 heteroatoms. The molecular formula is C15H18N6OS2. The van der Waals surface area contributed by atoms with Gasteiger partial charge in [0.25, 0.3) is 0 Å². The van der Waals surface area contributed by atoms with Crippen LogP contribution in [0.15, 0.2) is 34.7 Å². The quantitative estimate of drug-likeness (QED) is 0.472. The van der Waals surface area contributed by atoms with Gasteiger partial charge in [-0.15, -0.1) is 0 Å². The highest BCUT2D eigenvalue weighted by Gasteiger charge is 2.15. The standard InChI is InChI=1S/C15H18N6OS2/c1-10-8-12(24-15-16-5-3-6-17-15)20-13(19-10)21-14(23)18-9-11-4-2-7-22-11/h3,5-6,8,11H,2,4,7,9H2,1H3,(H2,18,19,20,21,23)/t11-/m0/s1. The molecular weight excluding hydrogens is 344 g/mol. The van der Waals surface area contributed by atoms with E-state index in [1.807, 2.05) is 13.0 Å². The Bertz CT molecular complexity index is 694. The van der Waals surface area contributed by atoms with Crippen LogP contribution in [-0.4, -0.2) is 44.3 Å². The number of ether oxygens (including phenoxy) is 1. The summed E-state index contributed by atoms with van der Waals surface area (Å²) in [6, 6.07) is 3.66. The number of aryl methyl sites for hydroxylation is 1. The van der Waals surface area contributed by atoms with Crippen LogP contribution in [-0.2, 0) is 4.74 Å². The van der Waals surface area contributed by atoms with Crippen LogP contribution in [0.1, 0.15) is 18.5 Å². The van der Waals surface area contributed by atoms with Gasteiger partial charge >= 0.3 is 0 Å². The fourth-order valence-corrected chi connectivity index (χ4v) is 3.19. The topological polar surface area (TPSA) is 84.9 Å². The lowest BCUT2D eigenvalue weighted by Crippen LogP contribution is -2.35. The Morgan fingerprint density at radius 2 is 2.21 bits per heavy atom. The van der Waals surface area contributed by atoms with Gasteiger partial charge in [-0.1, -0.05) is 0 Å². The average Bonchev–Trinajstić information content (AvgIpc) is 3.07. The van der Waals surface area contributed by atoms with Crippen LogP contribution < -0.4 is 10.6 Å². The number of hydrogen-bond acceptors (Lipinski definition) is 7. The van der Waals surface area contributed by atoms with Gasteiger partial charge < -0.3 is 15.4 Å². The molecule has 1 atom stereocenters. The third kappa shape index (κ3) is 5.08. The van der Waals surface area contributed by atoms with E-state index in [4.69, 9.17) is 17.0 Å². The van der Waals surface area contributed by atoms with E-state index in [1.165, 1.54) is 11.8 Å². The molecule has 1 aliphatic heterocycles. The van der Waals surface area contributed by atoms with Crippen molar-refractivity contribution >= 4 is 35.0 Å². The van der Waals surface area contributed by atoms with Crippen LogP contribution in [0.5, 0.6) is 0 Å². The van der Waals surface area contributed by atoms with Crippen molar-refractivity contribution in [3.8, 4) is 0 Å². The van der Waals surface area contributed by atoms with E-state index in [2.05, 4.69) is 30.6 Å². The summed E-state index contributed by atoms with van der Waals surface area (Å²) >= 11 is 6.68. The minimum absolute atomic E-state index is 0.226. The van der Waals surface area contributed by atoms with E-state index in [0.29, 0.717) is 22.8 Å². The molecule has 2 aromatic rings. The van der Waals surface area contributed by atoms with E-state index in [1.54, 1.807) is 18.5 Å². The van der Waals surface area contributed by atoms with Crippen molar-refractivity contribution in [3.63, 3.8) is 0 Å². The molecule has 24 heavy (non-hydrogen) atoms. The maximum Gasteiger partial charge on any atom is 0.230 e. The van der Waals surface area contributed by atoms with Gasteiger partial charge in [-0.2, -0.15) is 0 Å². The maximum absolute atomic E-state index is 5.56. The lowest BCUT2D eigenvalue weighted by Gasteiger charge is -2.13. The lowest BCUT2D eigenvalue weighted by molar-refractivity contribution is 0.114. The van der Waals surface area contributed by atoms with Crippen molar-refractivity contribution in [3.05, 3.63) is 30.2 Å². The van der Waals surface area contributed by atoms with Gasteiger partial charge in [0.1, 0.15) is 5.03 Å². The lowest BCUT2D eigenvalue weighted by atomic mass is 10.2. The number of nitrogens with one attached hydrogen (secondary N) is 2. The largest absolute Gasteiger partial charge is 0.376 e. The van der Waals surface area contributed by atoms with Crippen molar-refractivity contribution in [1.29, 1.82) is 0 Å². The minimum atomic E-state index is 0.226. The van der Waals surface area contributed by atoms with Gasteiger partial charge in [-0.25, -0.2) is 19.9 Å². The molecule has 0 aromatic carbocycles. The number of aromatic nitrogens is 4.